The Morgan fingerprint density at radius 3 is 2.76 bits per heavy atom. The molecule has 1 saturated heterocycles. The number of carbonyl (C=O) groups is 1. The standard InChI is InChI=1S/C13H27N2O4PS/c1-13(2,4-5-15-6-8-18-9-7-15)12(16)19-10-11-21-20(17)14-3/h14,17H,4-11H2,1-3H3. The lowest BCUT2D eigenvalue weighted by molar-refractivity contribution is -0.153. The van der Waals surface area contributed by atoms with Gasteiger partial charge in [-0.2, -0.15) is 0 Å². The molecule has 1 rings (SSSR count). The lowest BCUT2D eigenvalue weighted by Crippen LogP contribution is -2.39. The summed E-state index contributed by atoms with van der Waals surface area (Å²) in [6.45, 7) is 8.51. The number of esters is 1. The largest absolute Gasteiger partial charge is 0.464 e. The van der Waals surface area contributed by atoms with Crippen molar-refractivity contribution in [3.05, 3.63) is 0 Å². The molecule has 1 unspecified atom stereocenters. The Balaban J connectivity index is 2.20. The molecule has 1 aliphatic heterocycles. The van der Waals surface area contributed by atoms with E-state index in [1.54, 1.807) is 7.05 Å². The minimum Gasteiger partial charge on any atom is -0.464 e. The number of carbonyl (C=O) groups excluding carboxylic acids is 1. The molecule has 2 N–H and O–H groups in total. The van der Waals surface area contributed by atoms with E-state index in [1.165, 1.54) is 11.4 Å². The number of hydrogen-bond donors (Lipinski definition) is 2. The first-order chi connectivity index (χ1) is 9.95. The van der Waals surface area contributed by atoms with Crippen molar-refractivity contribution in [3.63, 3.8) is 0 Å². The molecule has 0 aliphatic carbocycles. The van der Waals surface area contributed by atoms with Crippen LogP contribution in [0.3, 0.4) is 0 Å². The Labute approximate surface area is 132 Å². The third-order valence-electron chi connectivity index (χ3n) is 3.43. The van der Waals surface area contributed by atoms with E-state index in [-0.39, 0.29) is 5.97 Å². The highest BCUT2D eigenvalue weighted by atomic mass is 32.7. The molecule has 0 aromatic carbocycles. The predicted molar refractivity (Wildman–Crippen MR) is 87.3 cm³/mol. The summed E-state index contributed by atoms with van der Waals surface area (Å²) >= 11 is 1.38. The van der Waals surface area contributed by atoms with Crippen molar-refractivity contribution in [2.24, 2.45) is 5.41 Å². The Kier molecular flexibility index (Phi) is 9.09. The average molecular weight is 338 g/mol. The summed E-state index contributed by atoms with van der Waals surface area (Å²) in [6, 6.07) is 0. The molecule has 21 heavy (non-hydrogen) atoms. The maximum atomic E-state index is 12.1. The van der Waals surface area contributed by atoms with E-state index in [0.717, 1.165) is 39.3 Å². The third-order valence-corrected chi connectivity index (χ3v) is 6.24. The van der Waals surface area contributed by atoms with Crippen LogP contribution in [0.1, 0.15) is 20.3 Å². The SMILES string of the molecule is CNP(O)SCCOC(=O)C(C)(C)CCN1CCOCC1. The molecule has 0 radical (unpaired) electrons. The molecule has 0 bridgehead atoms. The molecule has 1 atom stereocenters. The number of nitrogens with one attached hydrogen (secondary N) is 1. The van der Waals surface area contributed by atoms with E-state index < -0.39 is 12.9 Å². The van der Waals surface area contributed by atoms with Crippen LogP contribution in [0.15, 0.2) is 0 Å². The molecular formula is C13H27N2O4PS. The zero-order chi connectivity index (χ0) is 15.7. The molecule has 0 aromatic heterocycles. The molecule has 0 spiro atoms. The van der Waals surface area contributed by atoms with Gasteiger partial charge in [-0.25, -0.2) is 0 Å². The molecular weight excluding hydrogens is 311 g/mol. The first-order valence-corrected chi connectivity index (χ1v) is 10.1. The number of ether oxygens (including phenoxy) is 2. The Hall–Kier alpha value is 0.0900. The molecule has 0 amide bonds. The van der Waals surface area contributed by atoms with Crippen molar-refractivity contribution < 1.29 is 19.2 Å². The van der Waals surface area contributed by atoms with Crippen molar-refractivity contribution in [2.75, 3.05) is 52.3 Å². The topological polar surface area (TPSA) is 71.0 Å². The molecule has 1 fully saturated rings. The van der Waals surface area contributed by atoms with Gasteiger partial charge in [0.25, 0.3) is 0 Å². The Morgan fingerprint density at radius 2 is 2.14 bits per heavy atom. The lowest BCUT2D eigenvalue weighted by Gasteiger charge is -2.30. The summed E-state index contributed by atoms with van der Waals surface area (Å²) in [5.74, 6) is 0.442. The molecule has 8 heteroatoms. The van der Waals surface area contributed by atoms with Crippen LogP contribution < -0.4 is 5.09 Å². The van der Waals surface area contributed by atoms with Gasteiger partial charge >= 0.3 is 5.97 Å². The van der Waals surface area contributed by atoms with E-state index in [1.807, 2.05) is 13.8 Å². The zero-order valence-electron chi connectivity index (χ0n) is 13.1. The van der Waals surface area contributed by atoms with Gasteiger partial charge in [-0.1, -0.05) is 11.4 Å². The van der Waals surface area contributed by atoms with Crippen molar-refractivity contribution in [1.29, 1.82) is 0 Å². The molecule has 6 nitrogen and oxygen atoms in total. The van der Waals surface area contributed by atoms with E-state index in [9.17, 15) is 9.69 Å². The van der Waals surface area contributed by atoms with Gasteiger partial charge in [-0.05, 0) is 33.9 Å². The second kappa shape index (κ2) is 9.98. The summed E-state index contributed by atoms with van der Waals surface area (Å²) in [4.78, 5) is 23.8. The summed E-state index contributed by atoms with van der Waals surface area (Å²) in [5, 5.41) is 2.77. The maximum absolute atomic E-state index is 12.1. The summed E-state index contributed by atoms with van der Waals surface area (Å²) in [6.07, 6.45) is 0.780. The van der Waals surface area contributed by atoms with Crippen LogP contribution in [0.4, 0.5) is 0 Å². The van der Waals surface area contributed by atoms with Crippen LogP contribution in [0, 0.1) is 5.41 Å². The van der Waals surface area contributed by atoms with Gasteiger partial charge in [0.2, 0.25) is 0 Å². The fourth-order valence-electron chi connectivity index (χ4n) is 1.88. The van der Waals surface area contributed by atoms with Crippen LogP contribution >= 0.6 is 18.9 Å². The molecule has 0 aromatic rings. The van der Waals surface area contributed by atoms with Crippen molar-refractivity contribution in [1.82, 2.24) is 9.99 Å². The summed E-state index contributed by atoms with van der Waals surface area (Å²) in [5.41, 5.74) is -0.476. The predicted octanol–water partition coefficient (Wildman–Crippen LogP) is 1.45. The normalized spacial score (nSPS) is 18.5. The van der Waals surface area contributed by atoms with Crippen molar-refractivity contribution >= 4 is 24.9 Å². The molecule has 124 valence electrons. The van der Waals surface area contributed by atoms with E-state index in [2.05, 4.69) is 9.99 Å². The fraction of sp³-hybridized carbons (Fsp3) is 0.923. The highest BCUT2D eigenvalue weighted by molar-refractivity contribution is 8.53. The first-order valence-electron chi connectivity index (χ1n) is 7.22. The number of nitrogens with zero attached hydrogens (tertiary/aromatic N) is 1. The molecule has 1 heterocycles. The van der Waals surface area contributed by atoms with E-state index >= 15 is 0 Å². The highest BCUT2D eigenvalue weighted by Gasteiger charge is 2.30. The van der Waals surface area contributed by atoms with Gasteiger partial charge in [0.1, 0.15) is 6.61 Å². The second-order valence-electron chi connectivity index (χ2n) is 5.55. The summed E-state index contributed by atoms with van der Waals surface area (Å²) < 4.78 is 10.6. The van der Waals surface area contributed by atoms with Gasteiger partial charge < -0.3 is 14.4 Å². The van der Waals surface area contributed by atoms with Gasteiger partial charge in [-0.15, -0.1) is 0 Å². The fourth-order valence-corrected chi connectivity index (χ4v) is 3.47. The minimum atomic E-state index is -1.20. The molecule has 1 aliphatic rings. The second-order valence-corrected chi connectivity index (χ2v) is 9.03. The lowest BCUT2D eigenvalue weighted by atomic mass is 9.89. The van der Waals surface area contributed by atoms with Crippen LogP contribution in [-0.2, 0) is 14.3 Å². The number of morpholine rings is 1. The van der Waals surface area contributed by atoms with E-state index in [4.69, 9.17) is 9.47 Å². The maximum Gasteiger partial charge on any atom is 0.311 e. The molecule has 0 saturated carbocycles. The van der Waals surface area contributed by atoms with Crippen molar-refractivity contribution in [3.8, 4) is 0 Å². The van der Waals surface area contributed by atoms with Crippen LogP contribution in [0.25, 0.3) is 0 Å². The Bertz CT molecular complexity index is 315. The average Bonchev–Trinajstić information content (AvgIpc) is 2.50. The highest BCUT2D eigenvalue weighted by Crippen LogP contribution is 2.40. The van der Waals surface area contributed by atoms with Crippen LogP contribution in [-0.4, -0.2) is 68.0 Å². The zero-order valence-corrected chi connectivity index (χ0v) is 14.8. The van der Waals surface area contributed by atoms with Crippen molar-refractivity contribution in [2.45, 2.75) is 20.3 Å². The van der Waals surface area contributed by atoms with Gasteiger partial charge in [0.05, 0.1) is 18.6 Å². The minimum absolute atomic E-state index is 0.164. The first kappa shape index (κ1) is 19.1. The van der Waals surface area contributed by atoms with Crippen LogP contribution in [0.2, 0.25) is 0 Å². The number of rotatable bonds is 9. The number of hydrogen-bond acceptors (Lipinski definition) is 7. The smallest absolute Gasteiger partial charge is 0.311 e. The van der Waals surface area contributed by atoms with Gasteiger partial charge in [0, 0.05) is 18.8 Å². The third kappa shape index (κ3) is 7.77. The quantitative estimate of drug-likeness (QED) is 0.374. The monoisotopic (exact) mass is 338 g/mol. The summed E-state index contributed by atoms with van der Waals surface area (Å²) in [7, 11) is 0.512. The van der Waals surface area contributed by atoms with Crippen LogP contribution in [0.5, 0.6) is 0 Å². The van der Waals surface area contributed by atoms with Gasteiger partial charge in [0.15, 0.2) is 7.50 Å². The van der Waals surface area contributed by atoms with E-state index in [0.29, 0.717) is 12.4 Å². The van der Waals surface area contributed by atoms with Gasteiger partial charge in [-0.3, -0.25) is 14.8 Å². The Morgan fingerprint density at radius 1 is 1.48 bits per heavy atom.